The lowest BCUT2D eigenvalue weighted by molar-refractivity contribution is -0.000710. The van der Waals surface area contributed by atoms with E-state index >= 15 is 0 Å². The summed E-state index contributed by atoms with van der Waals surface area (Å²) in [7, 11) is 0. The van der Waals surface area contributed by atoms with Gasteiger partial charge in [-0.05, 0) is 37.9 Å². The van der Waals surface area contributed by atoms with Gasteiger partial charge in [0.1, 0.15) is 0 Å². The van der Waals surface area contributed by atoms with Crippen LogP contribution in [-0.2, 0) is 11.3 Å². The molecule has 19 heavy (non-hydrogen) atoms. The van der Waals surface area contributed by atoms with Crippen LogP contribution in [0.3, 0.4) is 0 Å². The van der Waals surface area contributed by atoms with E-state index in [1.807, 2.05) is 30.3 Å². The van der Waals surface area contributed by atoms with Gasteiger partial charge in [-0.25, -0.2) is 0 Å². The molecular weight excluding hydrogens is 254 g/mol. The van der Waals surface area contributed by atoms with E-state index in [1.54, 1.807) is 0 Å². The Hall–Kier alpha value is -1.01. The largest absolute Gasteiger partial charge is 0.492 e. The number of nitrogens with zero attached hydrogens (tertiary/aromatic N) is 1. The van der Waals surface area contributed by atoms with Crippen molar-refractivity contribution in [2.45, 2.75) is 25.6 Å². The Morgan fingerprint density at radius 1 is 1.11 bits per heavy atom. The number of benzene rings is 1. The van der Waals surface area contributed by atoms with E-state index in [1.165, 1.54) is 4.90 Å². The second kappa shape index (κ2) is 6.43. The smallest absolute Gasteiger partial charge is 0.448 e. The van der Waals surface area contributed by atoms with Crippen molar-refractivity contribution in [2.75, 3.05) is 19.5 Å². The molecule has 1 aromatic carbocycles. The van der Waals surface area contributed by atoms with Crippen molar-refractivity contribution in [2.24, 2.45) is 0 Å². The zero-order valence-corrected chi connectivity index (χ0v) is 10.8. The average Bonchev–Trinajstić information content (AvgIpc) is 2.37. The molecule has 0 aromatic heterocycles. The van der Waals surface area contributed by atoms with Crippen molar-refractivity contribution in [3.05, 3.63) is 35.9 Å². The van der Waals surface area contributed by atoms with Gasteiger partial charge in [0.15, 0.2) is 0 Å². The maximum absolute atomic E-state index is 12.3. The molecule has 1 aliphatic heterocycles. The van der Waals surface area contributed by atoms with Gasteiger partial charge in [0.05, 0.1) is 12.7 Å². The summed E-state index contributed by atoms with van der Waals surface area (Å²) in [6, 6.07) is 9.82. The zero-order chi connectivity index (χ0) is 13.7. The van der Waals surface area contributed by atoms with Crippen LogP contribution in [-0.4, -0.2) is 37.5 Å². The van der Waals surface area contributed by atoms with Gasteiger partial charge in [-0.2, -0.15) is 0 Å². The topological polar surface area (TPSA) is 12.5 Å². The minimum Gasteiger partial charge on any atom is -0.448 e. The van der Waals surface area contributed by atoms with Crippen LogP contribution >= 0.6 is 0 Å². The third kappa shape index (κ3) is 5.24. The fourth-order valence-electron chi connectivity index (χ4n) is 2.34. The van der Waals surface area contributed by atoms with Crippen LogP contribution in [0.4, 0.5) is 12.9 Å². The number of rotatable bonds is 5. The minimum atomic E-state index is -4.71. The van der Waals surface area contributed by atoms with Crippen LogP contribution in [0.25, 0.3) is 0 Å². The molecule has 1 fully saturated rings. The third-order valence-electron chi connectivity index (χ3n) is 3.33. The fraction of sp³-hybridized carbons (Fsp3) is 0.538. The van der Waals surface area contributed by atoms with Gasteiger partial charge in [-0.15, -0.1) is 0 Å². The number of ether oxygens (including phenoxy) is 1. The Balaban J connectivity index is 1.69. The molecule has 2 rings (SSSR count). The van der Waals surface area contributed by atoms with Crippen LogP contribution in [0.5, 0.6) is 0 Å². The van der Waals surface area contributed by atoms with Gasteiger partial charge in [-0.3, -0.25) is 0 Å². The third-order valence-corrected chi connectivity index (χ3v) is 3.33. The van der Waals surface area contributed by atoms with E-state index in [9.17, 15) is 12.9 Å². The second-order valence-corrected chi connectivity index (χ2v) is 5.01. The second-order valence-electron chi connectivity index (χ2n) is 5.01. The van der Waals surface area contributed by atoms with Crippen LogP contribution < -0.4 is 0 Å². The first-order chi connectivity index (χ1) is 9.03. The first-order valence-electron chi connectivity index (χ1n) is 6.62. The monoisotopic (exact) mass is 272 g/mol. The summed E-state index contributed by atoms with van der Waals surface area (Å²) in [5.74, 6) is 0. The van der Waals surface area contributed by atoms with Crippen LogP contribution in [0, 0.1) is 0 Å². The average molecular weight is 272 g/mol. The van der Waals surface area contributed by atoms with Crippen LogP contribution in [0.15, 0.2) is 30.3 Å². The van der Waals surface area contributed by atoms with E-state index in [0.717, 1.165) is 5.56 Å². The molecule has 6 heteroatoms. The van der Waals surface area contributed by atoms with Gasteiger partial charge < -0.3 is 22.6 Å². The van der Waals surface area contributed by atoms with Crippen molar-refractivity contribution in [3.63, 3.8) is 0 Å². The Morgan fingerprint density at radius 2 is 1.74 bits per heavy atom. The van der Waals surface area contributed by atoms with E-state index < -0.39 is 13.4 Å². The summed E-state index contributed by atoms with van der Waals surface area (Å²) in [6.45, 7) is -3.23. The van der Waals surface area contributed by atoms with Gasteiger partial charge >= 0.3 is 6.98 Å². The molecule has 0 N–H and O–H groups in total. The van der Waals surface area contributed by atoms with Gasteiger partial charge in [-0.1, -0.05) is 30.3 Å². The number of hydrogen-bond donors (Lipinski definition) is 0. The highest BCUT2D eigenvalue weighted by molar-refractivity contribution is 6.58. The number of halogens is 3. The first-order valence-corrected chi connectivity index (χ1v) is 6.62. The first kappa shape index (κ1) is 14.4. The summed E-state index contributed by atoms with van der Waals surface area (Å²) >= 11 is 0. The molecule has 0 bridgehead atoms. The molecule has 1 aliphatic rings. The van der Waals surface area contributed by atoms with Crippen molar-refractivity contribution >= 4 is 6.98 Å². The van der Waals surface area contributed by atoms with Crippen molar-refractivity contribution in [3.8, 4) is 0 Å². The summed E-state index contributed by atoms with van der Waals surface area (Å²) in [5.41, 5.74) is 1.10. The standard InChI is InChI=1S/C13H18BF3NO/c15-14(16,17)11-18-8-6-13(7-9-18)19-10-12-4-2-1-3-5-12/h1-5,13H,6-11H2/q-1. The molecule has 0 amide bonds. The highest BCUT2D eigenvalue weighted by atomic mass is 19.4. The molecule has 2 nitrogen and oxygen atoms in total. The van der Waals surface area contributed by atoms with E-state index in [-0.39, 0.29) is 6.10 Å². The summed E-state index contributed by atoms with van der Waals surface area (Å²) < 4.78 is 42.6. The maximum atomic E-state index is 12.3. The highest BCUT2D eigenvalue weighted by Gasteiger charge is 2.29. The van der Waals surface area contributed by atoms with Gasteiger partial charge in [0, 0.05) is 0 Å². The highest BCUT2D eigenvalue weighted by Crippen LogP contribution is 2.18. The maximum Gasteiger partial charge on any atom is 0.492 e. The van der Waals surface area contributed by atoms with E-state index in [0.29, 0.717) is 32.5 Å². The molecule has 1 heterocycles. The number of likely N-dealkylation sites (tertiary alicyclic amines) is 1. The number of piperidine rings is 1. The molecule has 0 saturated carbocycles. The van der Waals surface area contributed by atoms with E-state index in [2.05, 4.69) is 0 Å². The predicted molar refractivity (Wildman–Crippen MR) is 69.8 cm³/mol. The van der Waals surface area contributed by atoms with Crippen molar-refractivity contribution in [1.29, 1.82) is 0 Å². The van der Waals surface area contributed by atoms with Crippen LogP contribution in [0.2, 0.25) is 0 Å². The zero-order valence-electron chi connectivity index (χ0n) is 10.8. The quantitative estimate of drug-likeness (QED) is 0.764. The van der Waals surface area contributed by atoms with Gasteiger partial charge in [0.2, 0.25) is 0 Å². The molecule has 1 saturated heterocycles. The summed E-state index contributed by atoms with van der Waals surface area (Å²) in [5, 5.41) is 0. The lowest BCUT2D eigenvalue weighted by Crippen LogP contribution is -2.44. The molecule has 1 aromatic rings. The van der Waals surface area contributed by atoms with E-state index in [4.69, 9.17) is 4.74 Å². The Morgan fingerprint density at radius 3 is 2.32 bits per heavy atom. The normalized spacial score (nSPS) is 18.7. The summed E-state index contributed by atoms with van der Waals surface area (Å²) in [4.78, 5) is 1.47. The minimum absolute atomic E-state index is 0.0807. The summed E-state index contributed by atoms with van der Waals surface area (Å²) in [6.07, 6.45) is 0.695. The molecule has 0 radical (unpaired) electrons. The fourth-order valence-corrected chi connectivity index (χ4v) is 2.34. The lowest BCUT2D eigenvalue weighted by Gasteiger charge is -2.34. The Bertz CT molecular complexity index is 377. The van der Waals surface area contributed by atoms with Gasteiger partial charge in [0.25, 0.3) is 0 Å². The molecule has 0 atom stereocenters. The molecule has 0 spiro atoms. The Labute approximate surface area is 111 Å². The Kier molecular flexibility index (Phi) is 4.88. The molecule has 0 aliphatic carbocycles. The molecule has 0 unspecified atom stereocenters. The number of hydrogen-bond acceptors (Lipinski definition) is 2. The SMILES string of the molecule is F[B-](F)(F)CN1CCC(OCc2ccccc2)CC1. The molecule has 106 valence electrons. The lowest BCUT2D eigenvalue weighted by atomic mass is 9.90. The van der Waals surface area contributed by atoms with Crippen molar-refractivity contribution < 1.29 is 17.7 Å². The predicted octanol–water partition coefficient (Wildman–Crippen LogP) is 3.05. The molecular formula is C13H18BF3NO-. The van der Waals surface area contributed by atoms with Crippen LogP contribution in [0.1, 0.15) is 18.4 Å². The van der Waals surface area contributed by atoms with Crippen molar-refractivity contribution in [1.82, 2.24) is 4.90 Å².